The highest BCUT2D eigenvalue weighted by molar-refractivity contribution is 7.15. The van der Waals surface area contributed by atoms with Gasteiger partial charge in [-0.1, -0.05) is 18.2 Å². The predicted molar refractivity (Wildman–Crippen MR) is 131 cm³/mol. The highest BCUT2D eigenvalue weighted by atomic mass is 32.1. The number of fused-ring (bicyclic) bond motifs is 1. The quantitative estimate of drug-likeness (QED) is 0.391. The van der Waals surface area contributed by atoms with Gasteiger partial charge >= 0.3 is 0 Å². The number of likely N-dealkylation sites (tertiary alicyclic amines) is 1. The monoisotopic (exact) mass is 494 g/mol. The second kappa shape index (κ2) is 9.65. The molecular formula is C26H27FN4O3S. The summed E-state index contributed by atoms with van der Waals surface area (Å²) < 4.78 is 21.7. The summed E-state index contributed by atoms with van der Waals surface area (Å²) >= 11 is 1.49. The largest absolute Gasteiger partial charge is 0.469 e. The highest BCUT2D eigenvalue weighted by Crippen LogP contribution is 2.29. The Labute approximate surface area is 206 Å². The molecule has 3 aromatic heterocycles. The van der Waals surface area contributed by atoms with E-state index >= 15 is 0 Å². The summed E-state index contributed by atoms with van der Waals surface area (Å²) in [6, 6.07) is 8.16. The third kappa shape index (κ3) is 4.60. The summed E-state index contributed by atoms with van der Waals surface area (Å²) in [5.41, 5.74) is 1.54. The maximum absolute atomic E-state index is 14.6. The van der Waals surface area contributed by atoms with Gasteiger partial charge in [-0.25, -0.2) is 9.37 Å². The number of imidazole rings is 1. The van der Waals surface area contributed by atoms with Crippen molar-refractivity contribution in [2.75, 3.05) is 20.1 Å². The van der Waals surface area contributed by atoms with Crippen LogP contribution in [0.1, 0.15) is 45.0 Å². The molecule has 35 heavy (non-hydrogen) atoms. The maximum atomic E-state index is 14.6. The average molecular weight is 495 g/mol. The van der Waals surface area contributed by atoms with Crippen molar-refractivity contribution < 1.29 is 18.4 Å². The number of likely N-dealkylation sites (N-methyl/N-ethyl adjacent to an activating group) is 1. The number of benzene rings is 1. The lowest BCUT2D eigenvalue weighted by atomic mass is 9.84. The lowest BCUT2D eigenvalue weighted by molar-refractivity contribution is 0.0518. The molecule has 0 saturated carbocycles. The number of rotatable bonds is 6. The average Bonchev–Trinajstić information content (AvgIpc) is 3.59. The van der Waals surface area contributed by atoms with Gasteiger partial charge in [0.2, 0.25) is 0 Å². The van der Waals surface area contributed by atoms with Crippen LogP contribution in [0, 0.1) is 18.7 Å². The van der Waals surface area contributed by atoms with Crippen molar-refractivity contribution in [2.24, 2.45) is 5.92 Å². The smallest absolute Gasteiger partial charge is 0.274 e. The van der Waals surface area contributed by atoms with E-state index in [0.717, 1.165) is 17.8 Å². The third-order valence-electron chi connectivity index (χ3n) is 6.98. The molecule has 4 heterocycles. The zero-order chi connectivity index (χ0) is 24.5. The molecule has 0 radical (unpaired) electrons. The summed E-state index contributed by atoms with van der Waals surface area (Å²) in [5.74, 6) is 0.181. The summed E-state index contributed by atoms with van der Waals surface area (Å²) in [6.45, 7) is 2.89. The fourth-order valence-corrected chi connectivity index (χ4v) is 5.64. The number of amides is 2. The second-order valence-electron chi connectivity index (χ2n) is 9.02. The normalized spacial score (nSPS) is 15.5. The topological polar surface area (TPSA) is 71.1 Å². The third-order valence-corrected chi connectivity index (χ3v) is 7.75. The number of aryl methyl sites for hydroxylation is 1. The van der Waals surface area contributed by atoms with Crippen LogP contribution in [-0.2, 0) is 6.42 Å². The van der Waals surface area contributed by atoms with Gasteiger partial charge in [-0.15, -0.1) is 11.3 Å². The zero-order valence-corrected chi connectivity index (χ0v) is 20.5. The molecule has 1 aliphatic rings. The van der Waals surface area contributed by atoms with Gasteiger partial charge in [0, 0.05) is 44.0 Å². The van der Waals surface area contributed by atoms with Gasteiger partial charge in [0.15, 0.2) is 4.96 Å². The van der Waals surface area contributed by atoms with Crippen molar-refractivity contribution in [2.45, 2.75) is 32.2 Å². The van der Waals surface area contributed by atoms with E-state index in [2.05, 4.69) is 4.98 Å². The van der Waals surface area contributed by atoms with E-state index in [0.29, 0.717) is 42.1 Å². The van der Waals surface area contributed by atoms with Gasteiger partial charge in [0.05, 0.1) is 11.8 Å². The standard InChI is InChI=1S/C26H27FN4O3S/c1-17-20(9-13-34-17)24(32)29(2)23(15-19-5-3-4-6-21(19)27)18-7-10-30(11-8-18)25(33)22-16-31-12-14-35-26(31)28-22/h3-6,9,12-14,16,18,23H,7-8,10-11,15H2,1-2H3. The van der Waals surface area contributed by atoms with Crippen molar-refractivity contribution in [1.82, 2.24) is 19.2 Å². The van der Waals surface area contributed by atoms with Crippen LogP contribution in [0.15, 0.2) is 58.8 Å². The molecule has 2 amide bonds. The lowest BCUT2D eigenvalue weighted by Gasteiger charge is -2.40. The molecule has 1 aromatic carbocycles. The Morgan fingerprint density at radius 3 is 2.71 bits per heavy atom. The van der Waals surface area contributed by atoms with Crippen LogP contribution in [-0.4, -0.2) is 57.2 Å². The Kier molecular flexibility index (Phi) is 6.42. The molecule has 1 atom stereocenters. The van der Waals surface area contributed by atoms with Gasteiger partial charge in [-0.05, 0) is 49.8 Å². The number of aromatic nitrogens is 2. The van der Waals surface area contributed by atoms with Gasteiger partial charge in [-0.2, -0.15) is 0 Å². The van der Waals surface area contributed by atoms with Crippen molar-refractivity contribution in [3.05, 3.63) is 82.8 Å². The zero-order valence-electron chi connectivity index (χ0n) is 19.7. The summed E-state index contributed by atoms with van der Waals surface area (Å²) in [6.07, 6.45) is 7.00. The van der Waals surface area contributed by atoms with E-state index < -0.39 is 0 Å². The number of carbonyl (C=O) groups is 2. The van der Waals surface area contributed by atoms with E-state index in [1.54, 1.807) is 43.3 Å². The van der Waals surface area contributed by atoms with Crippen molar-refractivity contribution in [3.63, 3.8) is 0 Å². The molecule has 5 rings (SSSR count). The fourth-order valence-electron chi connectivity index (χ4n) is 4.94. The first-order chi connectivity index (χ1) is 16.9. The molecule has 7 nitrogen and oxygen atoms in total. The Balaban J connectivity index is 1.33. The summed E-state index contributed by atoms with van der Waals surface area (Å²) in [5, 5.41) is 1.93. The Hall–Kier alpha value is -3.46. The second-order valence-corrected chi connectivity index (χ2v) is 9.89. The van der Waals surface area contributed by atoms with Crippen LogP contribution >= 0.6 is 11.3 Å². The number of nitrogens with zero attached hydrogens (tertiary/aromatic N) is 4. The molecule has 1 saturated heterocycles. The maximum Gasteiger partial charge on any atom is 0.274 e. The molecule has 0 aliphatic carbocycles. The van der Waals surface area contributed by atoms with E-state index in [4.69, 9.17) is 4.42 Å². The van der Waals surface area contributed by atoms with Crippen LogP contribution in [0.25, 0.3) is 4.96 Å². The molecule has 0 N–H and O–H groups in total. The van der Waals surface area contributed by atoms with E-state index in [-0.39, 0.29) is 29.6 Å². The van der Waals surface area contributed by atoms with Gasteiger partial charge in [0.1, 0.15) is 17.3 Å². The van der Waals surface area contributed by atoms with Crippen molar-refractivity contribution in [3.8, 4) is 0 Å². The van der Waals surface area contributed by atoms with Crippen LogP contribution in [0.3, 0.4) is 0 Å². The fraction of sp³-hybridized carbons (Fsp3) is 0.346. The summed E-state index contributed by atoms with van der Waals surface area (Å²) in [7, 11) is 1.77. The number of thiazole rings is 1. The first-order valence-corrected chi connectivity index (χ1v) is 12.6. The Morgan fingerprint density at radius 1 is 1.26 bits per heavy atom. The molecule has 9 heteroatoms. The molecule has 0 bridgehead atoms. The number of hydrogen-bond acceptors (Lipinski definition) is 5. The highest BCUT2D eigenvalue weighted by Gasteiger charge is 2.34. The lowest BCUT2D eigenvalue weighted by Crippen LogP contribution is -2.48. The van der Waals surface area contributed by atoms with Gasteiger partial charge in [-0.3, -0.25) is 14.0 Å². The number of halogens is 1. The number of carbonyl (C=O) groups excluding carboxylic acids is 2. The number of hydrogen-bond donors (Lipinski definition) is 0. The molecule has 182 valence electrons. The number of furan rings is 1. The molecule has 1 fully saturated rings. The number of piperidine rings is 1. The minimum Gasteiger partial charge on any atom is -0.469 e. The molecule has 1 unspecified atom stereocenters. The van der Waals surface area contributed by atoms with Crippen molar-refractivity contribution >= 4 is 28.1 Å². The van der Waals surface area contributed by atoms with Crippen LogP contribution in [0.4, 0.5) is 4.39 Å². The van der Waals surface area contributed by atoms with Crippen LogP contribution in [0.5, 0.6) is 0 Å². The SMILES string of the molecule is Cc1occc1C(=O)N(C)C(Cc1ccccc1F)C1CCN(C(=O)c2cn3ccsc3n2)CC1. The molecular weight excluding hydrogens is 467 g/mol. The minimum atomic E-state index is -0.273. The van der Waals surface area contributed by atoms with E-state index in [9.17, 15) is 14.0 Å². The van der Waals surface area contributed by atoms with Crippen LogP contribution < -0.4 is 0 Å². The van der Waals surface area contributed by atoms with Gasteiger partial charge in [0.25, 0.3) is 11.8 Å². The first-order valence-electron chi connectivity index (χ1n) is 11.7. The van der Waals surface area contributed by atoms with E-state index in [1.165, 1.54) is 23.7 Å². The van der Waals surface area contributed by atoms with Crippen LogP contribution in [0.2, 0.25) is 0 Å². The summed E-state index contributed by atoms with van der Waals surface area (Å²) in [4.78, 5) is 35.1. The van der Waals surface area contributed by atoms with Gasteiger partial charge < -0.3 is 14.2 Å². The molecule has 0 spiro atoms. The predicted octanol–water partition coefficient (Wildman–Crippen LogP) is 4.67. The molecule has 4 aromatic rings. The Bertz CT molecular complexity index is 1320. The minimum absolute atomic E-state index is 0.0801. The molecule has 1 aliphatic heterocycles. The Morgan fingerprint density at radius 2 is 2.03 bits per heavy atom. The van der Waals surface area contributed by atoms with Crippen molar-refractivity contribution in [1.29, 1.82) is 0 Å². The van der Waals surface area contributed by atoms with E-state index in [1.807, 2.05) is 26.9 Å². The first kappa shape index (κ1) is 23.3.